The molecule has 4 fully saturated rings. The molecule has 0 amide bonds. The number of hydrogen-bond donors (Lipinski definition) is 0. The Morgan fingerprint density at radius 1 is 0.821 bits per heavy atom. The Labute approximate surface area is 194 Å². The van der Waals surface area contributed by atoms with E-state index in [4.69, 9.17) is 12.6 Å². The van der Waals surface area contributed by atoms with Crippen LogP contribution in [0.5, 0.6) is 0 Å². The molecule has 164 valence electrons. The summed E-state index contributed by atoms with van der Waals surface area (Å²) in [7, 11) is 1.21. The molecule has 0 aromatic carbocycles. The van der Waals surface area contributed by atoms with E-state index in [1.165, 1.54) is 85.6 Å². The third-order valence-corrected chi connectivity index (χ3v) is 10.0. The van der Waals surface area contributed by atoms with Crippen molar-refractivity contribution in [3.8, 4) is 0 Å². The Kier molecular flexibility index (Phi) is 13.1. The predicted molar refractivity (Wildman–Crippen MR) is 121 cm³/mol. The molecule has 6 atom stereocenters. The molecular formula is C23H40FIrNPS. The van der Waals surface area contributed by atoms with Crippen molar-refractivity contribution in [3.05, 3.63) is 11.7 Å². The van der Waals surface area contributed by atoms with Crippen LogP contribution in [0.25, 0.3) is 5.32 Å². The first-order valence-corrected chi connectivity index (χ1v) is 13.4. The van der Waals surface area contributed by atoms with Gasteiger partial charge in [-0.1, -0.05) is 64.2 Å². The van der Waals surface area contributed by atoms with E-state index in [1.807, 2.05) is 0 Å². The summed E-state index contributed by atoms with van der Waals surface area (Å²) in [5, 5.41) is 5.25. The first kappa shape index (κ1) is 25.6. The fourth-order valence-corrected chi connectivity index (χ4v) is 7.94. The van der Waals surface area contributed by atoms with E-state index in [1.54, 1.807) is 0 Å². The minimum Gasteiger partial charge on any atom is -0.789 e. The second-order valence-electron chi connectivity index (χ2n) is 9.21. The topological polar surface area (TPSA) is 14.1 Å². The zero-order valence-electron chi connectivity index (χ0n) is 17.4. The fourth-order valence-electron chi connectivity index (χ4n) is 5.30. The third kappa shape index (κ3) is 8.82. The van der Waals surface area contributed by atoms with Crippen LogP contribution >= 0.6 is 8.58 Å². The largest absolute Gasteiger partial charge is 3.00 e. The van der Waals surface area contributed by atoms with E-state index >= 15 is 0 Å². The Morgan fingerprint density at radius 3 is 2.18 bits per heavy atom. The van der Waals surface area contributed by atoms with Crippen LogP contribution in [0.2, 0.25) is 0 Å². The Hall–Kier alpha value is 1.32. The number of rotatable bonds is 3. The minimum atomic E-state index is -0.570. The van der Waals surface area contributed by atoms with E-state index in [0.29, 0.717) is 23.6 Å². The van der Waals surface area contributed by atoms with Gasteiger partial charge >= 0.3 is 20.1 Å². The van der Waals surface area contributed by atoms with Crippen LogP contribution in [-0.2, 0) is 32.7 Å². The molecule has 28 heavy (non-hydrogen) atoms. The molecule has 1 saturated heterocycles. The van der Waals surface area contributed by atoms with Gasteiger partial charge in [-0.3, -0.25) is 4.39 Å². The van der Waals surface area contributed by atoms with Crippen LogP contribution in [0.3, 0.4) is 0 Å². The average Bonchev–Trinajstić information content (AvgIpc) is 2.72. The smallest absolute Gasteiger partial charge is 0.789 e. The van der Waals surface area contributed by atoms with Gasteiger partial charge in [0.1, 0.15) is 0 Å². The van der Waals surface area contributed by atoms with Crippen LogP contribution < -0.4 is 0 Å². The van der Waals surface area contributed by atoms with Crippen molar-refractivity contribution in [2.45, 2.75) is 125 Å². The summed E-state index contributed by atoms with van der Waals surface area (Å²) in [4.78, 5) is 0. The Balaban J connectivity index is 0.000000194. The molecule has 0 N–H and O–H groups in total. The summed E-state index contributed by atoms with van der Waals surface area (Å²) >= 11 is 5.59. The van der Waals surface area contributed by atoms with E-state index < -0.39 is 6.17 Å². The standard InChI is InChI=1S/C12H23PS.C11H18FN.Ir/c14-12-9-5-4-8-11(12)13-10-6-2-1-3-7-10;12-10-6-4-9(5-7-10)11-3-1-2-8-13-11;/h10-14H,1-9H2;4,9-11H,1-3,5-8H2;/q;-2;+3/p-1. The van der Waals surface area contributed by atoms with Crippen LogP contribution in [0, 0.1) is 12.3 Å². The quantitative estimate of drug-likeness (QED) is 0.190. The van der Waals surface area contributed by atoms with Crippen molar-refractivity contribution in [2.24, 2.45) is 5.92 Å². The summed E-state index contributed by atoms with van der Waals surface area (Å²) in [5.74, 6) is 0.590. The molecule has 0 bridgehead atoms. The molecule has 1 heterocycles. The van der Waals surface area contributed by atoms with E-state index in [9.17, 15) is 4.39 Å². The van der Waals surface area contributed by atoms with Gasteiger partial charge in [0.15, 0.2) is 0 Å². The van der Waals surface area contributed by atoms with Crippen LogP contribution in [0.15, 0.2) is 0 Å². The SMILES string of the molecule is FC1C[CH-]C(C2CCCC[N-]2)CC1.[Ir+3].[S-]C1CCCCC1PC1CCCCC1. The first-order valence-electron chi connectivity index (χ1n) is 11.8. The number of piperidine rings is 1. The Bertz CT molecular complexity index is 396. The number of alkyl halides is 1. The van der Waals surface area contributed by atoms with Gasteiger partial charge in [-0.2, -0.15) is 17.2 Å². The normalized spacial score (nSPS) is 37.7. The summed E-state index contributed by atoms with van der Waals surface area (Å²) in [5.41, 5.74) is 2.00. The maximum Gasteiger partial charge on any atom is 3.00 e. The van der Waals surface area contributed by atoms with Gasteiger partial charge in [0.05, 0.1) is 6.17 Å². The summed E-state index contributed by atoms with van der Waals surface area (Å²) < 4.78 is 12.9. The summed E-state index contributed by atoms with van der Waals surface area (Å²) in [6, 6.07) is 0.529. The molecule has 4 rings (SSSR count). The molecule has 3 aliphatic carbocycles. The van der Waals surface area contributed by atoms with Gasteiger partial charge in [-0.25, -0.2) is 0 Å². The zero-order chi connectivity index (χ0) is 18.9. The van der Waals surface area contributed by atoms with Gasteiger partial charge in [-0.15, -0.1) is 21.5 Å². The molecule has 0 aromatic rings. The van der Waals surface area contributed by atoms with Gasteiger partial charge < -0.3 is 24.4 Å². The molecular weight excluding hydrogens is 565 g/mol. The molecule has 0 aromatic heterocycles. The Morgan fingerprint density at radius 2 is 1.54 bits per heavy atom. The van der Waals surface area contributed by atoms with Crippen molar-refractivity contribution in [2.75, 3.05) is 6.54 Å². The first-order chi connectivity index (χ1) is 13.2. The van der Waals surface area contributed by atoms with Crippen molar-refractivity contribution >= 4 is 21.2 Å². The van der Waals surface area contributed by atoms with Gasteiger partial charge in [0.25, 0.3) is 0 Å². The maximum absolute atomic E-state index is 12.9. The van der Waals surface area contributed by atoms with Crippen molar-refractivity contribution < 1.29 is 24.5 Å². The van der Waals surface area contributed by atoms with Gasteiger partial charge in [0.2, 0.25) is 0 Å². The number of nitrogens with zero attached hydrogens (tertiary/aromatic N) is 1. The minimum absolute atomic E-state index is 0. The van der Waals surface area contributed by atoms with E-state index in [-0.39, 0.29) is 20.1 Å². The van der Waals surface area contributed by atoms with Crippen molar-refractivity contribution in [3.63, 3.8) is 0 Å². The predicted octanol–water partition coefficient (Wildman–Crippen LogP) is 7.11. The molecule has 1 nitrogen and oxygen atoms in total. The molecule has 1 aliphatic heterocycles. The summed E-state index contributed by atoms with van der Waals surface area (Å²) in [6.45, 7) is 1.04. The second kappa shape index (κ2) is 14.4. The molecule has 6 unspecified atom stereocenters. The average molecular weight is 605 g/mol. The van der Waals surface area contributed by atoms with E-state index in [2.05, 4.69) is 11.7 Å². The molecule has 0 spiro atoms. The number of halogens is 1. The third-order valence-electron chi connectivity index (χ3n) is 7.03. The molecule has 5 heteroatoms. The monoisotopic (exact) mass is 605 g/mol. The molecule has 3 saturated carbocycles. The van der Waals surface area contributed by atoms with Crippen molar-refractivity contribution in [1.29, 1.82) is 0 Å². The molecule has 0 radical (unpaired) electrons. The van der Waals surface area contributed by atoms with Crippen LogP contribution in [0.1, 0.15) is 96.3 Å². The van der Waals surface area contributed by atoms with Crippen molar-refractivity contribution in [1.82, 2.24) is 0 Å². The maximum atomic E-state index is 12.9. The second-order valence-corrected chi connectivity index (χ2v) is 11.7. The summed E-state index contributed by atoms with van der Waals surface area (Å²) in [6.07, 6.45) is 21.0. The molecule has 4 aliphatic rings. The van der Waals surface area contributed by atoms with Crippen LogP contribution in [-0.4, -0.2) is 35.3 Å². The van der Waals surface area contributed by atoms with Crippen LogP contribution in [0.4, 0.5) is 4.39 Å². The fraction of sp³-hybridized carbons (Fsp3) is 0.957. The van der Waals surface area contributed by atoms with Gasteiger partial charge in [-0.05, 0) is 37.0 Å². The van der Waals surface area contributed by atoms with Gasteiger partial charge in [0, 0.05) is 0 Å². The number of hydrogen-bond acceptors (Lipinski definition) is 1. The van der Waals surface area contributed by atoms with E-state index in [0.717, 1.165) is 30.7 Å². The zero-order valence-corrected chi connectivity index (χ0v) is 21.6.